The predicted octanol–water partition coefficient (Wildman–Crippen LogP) is -0.0141. The summed E-state index contributed by atoms with van der Waals surface area (Å²) in [5.74, 6) is 0.179. The van der Waals surface area contributed by atoms with Crippen molar-refractivity contribution in [1.82, 2.24) is 10.2 Å². The zero-order valence-electron chi connectivity index (χ0n) is 10.7. The Morgan fingerprint density at radius 1 is 1.47 bits per heavy atom. The zero-order chi connectivity index (χ0) is 12.5. The molecule has 0 spiro atoms. The second kappa shape index (κ2) is 8.44. The minimum absolute atomic E-state index is 0.179. The maximum atomic E-state index is 11.7. The van der Waals surface area contributed by atoms with Crippen LogP contribution in [0.4, 0.5) is 0 Å². The van der Waals surface area contributed by atoms with E-state index >= 15 is 0 Å². The quantitative estimate of drug-likeness (QED) is 0.618. The summed E-state index contributed by atoms with van der Waals surface area (Å²) in [6.07, 6.45) is 3.29. The van der Waals surface area contributed by atoms with Crippen LogP contribution in [-0.4, -0.2) is 61.9 Å². The van der Waals surface area contributed by atoms with Gasteiger partial charge in [0.2, 0.25) is 5.91 Å². The van der Waals surface area contributed by atoms with E-state index in [1.54, 1.807) is 12.0 Å². The molecule has 2 N–H and O–H groups in total. The summed E-state index contributed by atoms with van der Waals surface area (Å²) in [5.41, 5.74) is 0. The average molecular weight is 244 g/mol. The molecule has 1 rings (SSSR count). The van der Waals surface area contributed by atoms with E-state index in [1.165, 1.54) is 0 Å². The van der Waals surface area contributed by atoms with Crippen LogP contribution in [-0.2, 0) is 9.53 Å². The van der Waals surface area contributed by atoms with Crippen molar-refractivity contribution in [3.05, 3.63) is 0 Å². The number of carbonyl (C=O) groups excluding carboxylic acids is 1. The zero-order valence-corrected chi connectivity index (χ0v) is 10.7. The maximum absolute atomic E-state index is 11.7. The van der Waals surface area contributed by atoms with Gasteiger partial charge in [-0.25, -0.2) is 0 Å². The molecule has 1 aliphatic rings. The molecule has 0 aromatic carbocycles. The van der Waals surface area contributed by atoms with E-state index in [9.17, 15) is 9.90 Å². The molecule has 0 aliphatic carbocycles. The molecule has 5 heteroatoms. The summed E-state index contributed by atoms with van der Waals surface area (Å²) in [7, 11) is 1.65. The fraction of sp³-hybridized carbons (Fsp3) is 0.917. The van der Waals surface area contributed by atoms with Crippen LogP contribution in [0.2, 0.25) is 0 Å². The average Bonchev–Trinajstić information content (AvgIpc) is 2.51. The highest BCUT2D eigenvalue weighted by molar-refractivity contribution is 5.76. The van der Waals surface area contributed by atoms with Crippen molar-refractivity contribution in [2.75, 3.05) is 39.9 Å². The molecule has 17 heavy (non-hydrogen) atoms. The van der Waals surface area contributed by atoms with Gasteiger partial charge in [-0.3, -0.25) is 4.79 Å². The molecular formula is C12H24N2O3. The minimum atomic E-state index is -0.492. The van der Waals surface area contributed by atoms with Gasteiger partial charge in [-0.15, -0.1) is 0 Å². The molecule has 1 heterocycles. The highest BCUT2D eigenvalue weighted by Crippen LogP contribution is 2.11. The molecule has 0 radical (unpaired) electrons. The van der Waals surface area contributed by atoms with E-state index in [0.717, 1.165) is 32.4 Å². The molecule has 1 unspecified atom stereocenters. The summed E-state index contributed by atoms with van der Waals surface area (Å²) in [6.45, 7) is 3.09. The molecule has 100 valence electrons. The van der Waals surface area contributed by atoms with Crippen LogP contribution in [0, 0.1) is 0 Å². The fourth-order valence-corrected chi connectivity index (χ4v) is 1.99. The SMILES string of the molecule is COCCNCC(O)CN1CCCCCC1=O. The number of rotatable bonds is 7. The number of carbonyl (C=O) groups is 1. The van der Waals surface area contributed by atoms with Gasteiger partial charge in [0.05, 0.1) is 12.7 Å². The third-order valence-corrected chi connectivity index (χ3v) is 2.97. The lowest BCUT2D eigenvalue weighted by Crippen LogP contribution is -2.41. The first kappa shape index (κ1) is 14.4. The van der Waals surface area contributed by atoms with Crippen molar-refractivity contribution in [2.45, 2.75) is 31.8 Å². The van der Waals surface area contributed by atoms with E-state index in [1.807, 2.05) is 0 Å². The van der Waals surface area contributed by atoms with Gasteiger partial charge in [-0.1, -0.05) is 6.42 Å². The van der Waals surface area contributed by atoms with Crippen LogP contribution >= 0.6 is 0 Å². The van der Waals surface area contributed by atoms with Gasteiger partial charge in [-0.2, -0.15) is 0 Å². The van der Waals surface area contributed by atoms with Gasteiger partial charge in [0.15, 0.2) is 0 Å². The van der Waals surface area contributed by atoms with Crippen molar-refractivity contribution in [3.63, 3.8) is 0 Å². The van der Waals surface area contributed by atoms with E-state index < -0.39 is 6.10 Å². The maximum Gasteiger partial charge on any atom is 0.222 e. The first-order valence-electron chi connectivity index (χ1n) is 6.39. The smallest absolute Gasteiger partial charge is 0.222 e. The normalized spacial score (nSPS) is 19.2. The Hall–Kier alpha value is -0.650. The number of aliphatic hydroxyl groups excluding tert-OH is 1. The van der Waals surface area contributed by atoms with Crippen LogP contribution in [0.1, 0.15) is 25.7 Å². The Labute approximate surface area is 103 Å². The standard InChI is InChI=1S/C12H24N2O3/c1-17-8-6-13-9-11(15)10-14-7-4-2-3-5-12(14)16/h11,13,15H,2-10H2,1H3. The number of ether oxygens (including phenoxy) is 1. The van der Waals surface area contributed by atoms with Gasteiger partial charge in [0.25, 0.3) is 0 Å². The van der Waals surface area contributed by atoms with E-state index in [2.05, 4.69) is 5.32 Å². The molecule has 1 aliphatic heterocycles. The van der Waals surface area contributed by atoms with Crippen molar-refractivity contribution in [1.29, 1.82) is 0 Å². The largest absolute Gasteiger partial charge is 0.390 e. The lowest BCUT2D eigenvalue weighted by Gasteiger charge is -2.23. The number of nitrogens with zero attached hydrogens (tertiary/aromatic N) is 1. The molecule has 1 saturated heterocycles. The van der Waals surface area contributed by atoms with E-state index in [4.69, 9.17) is 4.74 Å². The monoisotopic (exact) mass is 244 g/mol. The Kier molecular flexibility index (Phi) is 7.16. The highest BCUT2D eigenvalue weighted by Gasteiger charge is 2.19. The number of amides is 1. The summed E-state index contributed by atoms with van der Waals surface area (Å²) in [6, 6.07) is 0. The molecule has 0 aromatic heterocycles. The topological polar surface area (TPSA) is 61.8 Å². The second-order valence-corrected chi connectivity index (χ2v) is 4.50. The van der Waals surface area contributed by atoms with Gasteiger partial charge in [-0.05, 0) is 12.8 Å². The third-order valence-electron chi connectivity index (χ3n) is 2.97. The second-order valence-electron chi connectivity index (χ2n) is 4.50. The van der Waals surface area contributed by atoms with Crippen molar-refractivity contribution >= 4 is 5.91 Å². The van der Waals surface area contributed by atoms with Crippen LogP contribution in [0.3, 0.4) is 0 Å². The van der Waals surface area contributed by atoms with E-state index in [-0.39, 0.29) is 5.91 Å². The Balaban J connectivity index is 2.19. The molecule has 0 bridgehead atoms. The molecule has 1 fully saturated rings. The molecule has 0 saturated carbocycles. The molecule has 1 atom stereocenters. The van der Waals surface area contributed by atoms with Crippen molar-refractivity contribution in [2.24, 2.45) is 0 Å². The fourth-order valence-electron chi connectivity index (χ4n) is 1.99. The Morgan fingerprint density at radius 3 is 3.06 bits per heavy atom. The predicted molar refractivity (Wildman–Crippen MR) is 65.8 cm³/mol. The number of aliphatic hydroxyl groups is 1. The van der Waals surface area contributed by atoms with Crippen molar-refractivity contribution < 1.29 is 14.6 Å². The van der Waals surface area contributed by atoms with Crippen LogP contribution in [0.15, 0.2) is 0 Å². The van der Waals surface area contributed by atoms with Crippen LogP contribution in [0.5, 0.6) is 0 Å². The minimum Gasteiger partial charge on any atom is -0.390 e. The number of hydrogen-bond acceptors (Lipinski definition) is 4. The molecule has 1 amide bonds. The number of methoxy groups -OCH3 is 1. The highest BCUT2D eigenvalue weighted by atomic mass is 16.5. The van der Waals surface area contributed by atoms with Gasteiger partial charge >= 0.3 is 0 Å². The lowest BCUT2D eigenvalue weighted by atomic mass is 10.2. The lowest BCUT2D eigenvalue weighted by molar-refractivity contribution is -0.132. The third kappa shape index (κ3) is 6.00. The summed E-state index contributed by atoms with van der Waals surface area (Å²) in [4.78, 5) is 13.5. The van der Waals surface area contributed by atoms with Crippen LogP contribution < -0.4 is 5.32 Å². The summed E-state index contributed by atoms with van der Waals surface area (Å²) in [5, 5.41) is 12.9. The first-order chi connectivity index (χ1) is 8.24. The number of nitrogens with one attached hydrogen (secondary N) is 1. The van der Waals surface area contributed by atoms with Gasteiger partial charge in [0, 0.05) is 39.7 Å². The number of hydrogen-bond donors (Lipinski definition) is 2. The molecule has 0 aromatic rings. The van der Waals surface area contributed by atoms with Gasteiger partial charge < -0.3 is 20.1 Å². The summed E-state index contributed by atoms with van der Waals surface area (Å²) < 4.78 is 4.90. The molecular weight excluding hydrogens is 220 g/mol. The Bertz CT molecular complexity index is 224. The number of likely N-dealkylation sites (tertiary alicyclic amines) is 1. The summed E-state index contributed by atoms with van der Waals surface area (Å²) >= 11 is 0. The van der Waals surface area contributed by atoms with E-state index in [0.29, 0.717) is 26.1 Å². The Morgan fingerprint density at radius 2 is 2.29 bits per heavy atom. The first-order valence-corrected chi connectivity index (χ1v) is 6.39. The van der Waals surface area contributed by atoms with Crippen LogP contribution in [0.25, 0.3) is 0 Å². The van der Waals surface area contributed by atoms with Gasteiger partial charge in [0.1, 0.15) is 0 Å². The number of β-amino-alcohol motifs (C(OH)–C–C–N with tert-alkyl or cyclic N) is 1. The molecule has 5 nitrogen and oxygen atoms in total. The van der Waals surface area contributed by atoms with Crippen molar-refractivity contribution in [3.8, 4) is 0 Å².